The van der Waals surface area contributed by atoms with Crippen LogP contribution in [0.4, 0.5) is 24.7 Å². The van der Waals surface area contributed by atoms with Crippen molar-refractivity contribution in [1.82, 2.24) is 10.3 Å². The smallest absolute Gasteiger partial charge is 0.367 e. The fourth-order valence-corrected chi connectivity index (χ4v) is 3.20. The lowest BCUT2D eigenvalue weighted by Gasteiger charge is -2.17. The minimum atomic E-state index is -4.57. The molecule has 0 saturated carbocycles. The van der Waals surface area contributed by atoms with E-state index in [0.717, 1.165) is 17.2 Å². The second-order valence-electron chi connectivity index (χ2n) is 7.33. The second kappa shape index (κ2) is 10.6. The third-order valence-corrected chi connectivity index (χ3v) is 5.02. The fraction of sp³-hybridized carbons (Fsp3) is 0.333. The molecule has 7 nitrogen and oxygen atoms in total. The summed E-state index contributed by atoms with van der Waals surface area (Å²) >= 11 is -2.14. The number of benzene rings is 1. The summed E-state index contributed by atoms with van der Waals surface area (Å²) in [5.41, 5.74) is 1.46. The van der Waals surface area contributed by atoms with Gasteiger partial charge in [-0.25, -0.2) is 9.19 Å². The van der Waals surface area contributed by atoms with Crippen molar-refractivity contribution in [3.63, 3.8) is 0 Å². The van der Waals surface area contributed by atoms with E-state index in [1.165, 1.54) is 29.6 Å². The number of carbonyl (C=O) groups excluding carboxylic acids is 1. The number of hydrogen-bond donors (Lipinski definition) is 3. The van der Waals surface area contributed by atoms with Gasteiger partial charge in [-0.1, -0.05) is 12.1 Å². The fourth-order valence-electron chi connectivity index (χ4n) is 2.83. The molecule has 1 unspecified atom stereocenters. The maximum absolute atomic E-state index is 12.9. The van der Waals surface area contributed by atoms with Crippen molar-refractivity contribution in [3.8, 4) is 0 Å². The van der Waals surface area contributed by atoms with Gasteiger partial charge in [-0.15, -0.1) is 0 Å². The Morgan fingerprint density at radius 3 is 2.53 bits per heavy atom. The highest BCUT2D eigenvalue weighted by Crippen LogP contribution is 2.30. The third-order valence-electron chi connectivity index (χ3n) is 4.36. The normalized spacial score (nSPS) is 12.8. The number of aryl methyl sites for hydroxylation is 1. The molecule has 32 heavy (non-hydrogen) atoms. The molecule has 0 spiro atoms. The number of rotatable bonds is 8. The number of anilines is 2. The molecule has 0 saturated heterocycles. The minimum Gasteiger partial charge on any atom is -0.367 e. The Morgan fingerprint density at radius 2 is 1.97 bits per heavy atom. The number of alkyl halides is 3. The van der Waals surface area contributed by atoms with Crippen molar-refractivity contribution in [3.05, 3.63) is 58.8 Å². The van der Waals surface area contributed by atoms with Gasteiger partial charge in [0.1, 0.15) is 11.5 Å². The topological polar surface area (TPSA) is 94.6 Å². The number of pyridine rings is 1. The maximum atomic E-state index is 12.9. The summed E-state index contributed by atoms with van der Waals surface area (Å²) in [5, 5.41) is 5.55. The zero-order chi connectivity index (χ0) is 24.1. The largest absolute Gasteiger partial charge is 0.433 e. The molecular formula is C21H25F3N4O3S. The van der Waals surface area contributed by atoms with Gasteiger partial charge in [-0.05, 0) is 56.2 Å². The van der Waals surface area contributed by atoms with E-state index in [1.807, 2.05) is 0 Å². The lowest BCUT2D eigenvalue weighted by molar-refractivity contribution is -0.141. The van der Waals surface area contributed by atoms with Crippen molar-refractivity contribution in [2.24, 2.45) is 0 Å². The van der Waals surface area contributed by atoms with Gasteiger partial charge in [0.05, 0.1) is 5.69 Å². The Kier molecular flexibility index (Phi) is 8.39. The summed E-state index contributed by atoms with van der Waals surface area (Å²) in [4.78, 5) is 15.8. The molecule has 3 N–H and O–H groups in total. The van der Waals surface area contributed by atoms with Crippen LogP contribution in [-0.2, 0) is 28.8 Å². The maximum Gasteiger partial charge on any atom is 0.433 e. The summed E-state index contributed by atoms with van der Waals surface area (Å²) < 4.78 is 60.4. The predicted octanol–water partition coefficient (Wildman–Crippen LogP) is 4.13. The zero-order valence-electron chi connectivity index (χ0n) is 18.0. The molecule has 1 aromatic heterocycles. The van der Waals surface area contributed by atoms with E-state index in [4.69, 9.17) is 0 Å². The van der Waals surface area contributed by atoms with Crippen LogP contribution in [0.3, 0.4) is 0 Å². The van der Waals surface area contributed by atoms with Crippen LogP contribution in [0.5, 0.6) is 0 Å². The third kappa shape index (κ3) is 7.06. The van der Waals surface area contributed by atoms with E-state index in [2.05, 4.69) is 15.6 Å². The van der Waals surface area contributed by atoms with E-state index in [9.17, 15) is 26.7 Å². The molecule has 174 valence electrons. The minimum absolute atomic E-state index is 0.0375. The first-order valence-corrected chi connectivity index (χ1v) is 10.7. The number of nitrogens with one attached hydrogen (secondary N) is 2. The number of amides is 1. The SMILES string of the molecule is Cc1cc(CNC(=O)C=Cc2ccc(C(F)(F)F)nc2NC(C)C)ccc1N(C)S(=O)O. The van der Waals surface area contributed by atoms with Crippen LogP contribution in [0.2, 0.25) is 0 Å². The Hall–Kier alpha value is -2.92. The van der Waals surface area contributed by atoms with Crippen LogP contribution >= 0.6 is 0 Å². The van der Waals surface area contributed by atoms with Crippen LogP contribution in [0.15, 0.2) is 36.4 Å². The summed E-state index contributed by atoms with van der Waals surface area (Å²) in [6.45, 7) is 5.53. The summed E-state index contributed by atoms with van der Waals surface area (Å²) in [6, 6.07) is 7.16. The number of hydrogen-bond acceptors (Lipinski definition) is 4. The highest BCUT2D eigenvalue weighted by atomic mass is 32.2. The van der Waals surface area contributed by atoms with Crippen molar-refractivity contribution >= 4 is 34.8 Å². The van der Waals surface area contributed by atoms with Crippen LogP contribution in [0.1, 0.15) is 36.2 Å². The summed E-state index contributed by atoms with van der Waals surface area (Å²) in [7, 11) is 1.49. The van der Waals surface area contributed by atoms with Gasteiger partial charge in [0.15, 0.2) is 0 Å². The standard InChI is InChI=1S/C21H25F3N4O3S/c1-13(2)26-20-16(6-9-18(27-20)21(22,23)24)7-10-19(29)25-12-15-5-8-17(14(3)11-15)28(4)32(30)31/h5-11,13H,12H2,1-4H3,(H,25,29)(H,26,27)(H,30,31). The molecule has 11 heteroatoms. The van der Waals surface area contributed by atoms with Crippen LogP contribution in [0.25, 0.3) is 6.08 Å². The molecule has 1 aromatic carbocycles. The first-order valence-electron chi connectivity index (χ1n) is 9.63. The molecule has 0 aliphatic rings. The summed E-state index contributed by atoms with van der Waals surface area (Å²) in [6.07, 6.45) is -1.95. The van der Waals surface area contributed by atoms with Crippen molar-refractivity contribution in [2.45, 2.75) is 39.5 Å². The average Bonchev–Trinajstić information content (AvgIpc) is 2.69. The lowest BCUT2D eigenvalue weighted by atomic mass is 10.1. The molecule has 0 fully saturated rings. The molecule has 0 aliphatic carbocycles. The number of halogens is 3. The molecule has 1 atom stereocenters. The van der Waals surface area contributed by atoms with Crippen LogP contribution in [-0.4, -0.2) is 32.7 Å². The number of nitrogens with zero attached hydrogens (tertiary/aromatic N) is 2. The molecule has 2 aromatic rings. The Balaban J connectivity index is 2.09. The van der Waals surface area contributed by atoms with E-state index in [0.29, 0.717) is 11.3 Å². The quantitative estimate of drug-likeness (QED) is 0.398. The lowest BCUT2D eigenvalue weighted by Crippen LogP contribution is -2.22. The molecule has 2 rings (SSSR count). The first kappa shape index (κ1) is 25.3. The molecule has 0 bridgehead atoms. The molecule has 0 radical (unpaired) electrons. The van der Waals surface area contributed by atoms with Crippen molar-refractivity contribution in [1.29, 1.82) is 0 Å². The Bertz CT molecular complexity index is 1030. The van der Waals surface area contributed by atoms with E-state index >= 15 is 0 Å². The van der Waals surface area contributed by atoms with Gasteiger partial charge in [0, 0.05) is 31.3 Å². The van der Waals surface area contributed by atoms with Crippen molar-refractivity contribution in [2.75, 3.05) is 16.7 Å². The molecular weight excluding hydrogens is 445 g/mol. The van der Waals surface area contributed by atoms with Gasteiger partial charge < -0.3 is 10.6 Å². The first-order chi connectivity index (χ1) is 14.9. The van der Waals surface area contributed by atoms with Crippen molar-refractivity contribution < 1.29 is 26.7 Å². The highest BCUT2D eigenvalue weighted by molar-refractivity contribution is 7.80. The average molecular weight is 471 g/mol. The van der Waals surface area contributed by atoms with Gasteiger partial charge >= 0.3 is 6.18 Å². The molecule has 1 heterocycles. The van der Waals surface area contributed by atoms with Gasteiger partial charge in [-0.3, -0.25) is 13.7 Å². The highest BCUT2D eigenvalue weighted by Gasteiger charge is 2.33. The van der Waals surface area contributed by atoms with Crippen LogP contribution < -0.4 is 14.9 Å². The molecule has 0 aliphatic heterocycles. The van der Waals surface area contributed by atoms with Gasteiger partial charge in [0.2, 0.25) is 5.91 Å². The van der Waals surface area contributed by atoms with E-state index in [-0.39, 0.29) is 18.4 Å². The zero-order valence-corrected chi connectivity index (χ0v) is 18.8. The number of aromatic nitrogens is 1. The predicted molar refractivity (Wildman–Crippen MR) is 119 cm³/mol. The molecule has 1 amide bonds. The Labute approximate surface area is 187 Å². The summed E-state index contributed by atoms with van der Waals surface area (Å²) in [5.74, 6) is -0.397. The second-order valence-corrected chi connectivity index (χ2v) is 8.34. The van der Waals surface area contributed by atoms with Crippen LogP contribution in [0, 0.1) is 6.92 Å². The van der Waals surface area contributed by atoms with E-state index in [1.54, 1.807) is 39.0 Å². The van der Waals surface area contributed by atoms with E-state index < -0.39 is 29.0 Å². The van der Waals surface area contributed by atoms with Gasteiger partial charge in [-0.2, -0.15) is 13.2 Å². The monoisotopic (exact) mass is 470 g/mol. The van der Waals surface area contributed by atoms with Gasteiger partial charge in [0.25, 0.3) is 11.3 Å². The Morgan fingerprint density at radius 1 is 1.28 bits per heavy atom. The number of carbonyl (C=O) groups is 1.